The van der Waals surface area contributed by atoms with Gasteiger partial charge < -0.3 is 0 Å². The fraction of sp³-hybridized carbons (Fsp3) is 0.579. The van der Waals surface area contributed by atoms with Gasteiger partial charge in [0.15, 0.2) is 0 Å². The lowest BCUT2D eigenvalue weighted by molar-refractivity contribution is 0.464. The molecule has 0 heterocycles. The Labute approximate surface area is 129 Å². The molecular formula is C19H26N2. The van der Waals surface area contributed by atoms with Crippen LogP contribution in [-0.2, 0) is 0 Å². The first-order chi connectivity index (χ1) is 10.1. The summed E-state index contributed by atoms with van der Waals surface area (Å²) in [6, 6.07) is 4.53. The molecule has 0 N–H and O–H groups in total. The summed E-state index contributed by atoms with van der Waals surface area (Å²) in [4.78, 5) is 0. The van der Waals surface area contributed by atoms with Crippen molar-refractivity contribution in [2.45, 2.75) is 59.3 Å². The Morgan fingerprint density at radius 2 is 1.86 bits per heavy atom. The zero-order chi connectivity index (χ0) is 15.7. The van der Waals surface area contributed by atoms with Crippen molar-refractivity contribution in [1.29, 1.82) is 10.5 Å². The van der Waals surface area contributed by atoms with E-state index in [1.807, 2.05) is 0 Å². The first-order valence-electron chi connectivity index (χ1n) is 7.83. The molecule has 0 spiro atoms. The molecule has 0 aromatic rings. The fourth-order valence-corrected chi connectivity index (χ4v) is 2.64. The number of allylic oxidation sites excluding steroid dienone is 6. The SMILES string of the molecule is CC(C)=CCC/C(C)=C/CCC1=CC[C@H](C#N)[C@@H](C#N)C1. The second-order valence-electron chi connectivity index (χ2n) is 6.18. The summed E-state index contributed by atoms with van der Waals surface area (Å²) in [7, 11) is 0. The minimum Gasteiger partial charge on any atom is -0.198 e. The highest BCUT2D eigenvalue weighted by Crippen LogP contribution is 2.31. The molecule has 0 fully saturated rings. The Bertz CT molecular complexity index is 505. The smallest absolute Gasteiger partial charge is 0.0673 e. The van der Waals surface area contributed by atoms with E-state index in [2.05, 4.69) is 51.1 Å². The number of nitriles is 2. The standard InChI is InChI=1S/C19H26N2/c1-15(2)6-4-7-16(3)8-5-9-17-10-11-18(13-20)19(12-17)14-21/h6,8,10,18-19H,4-5,7,9,11-12H2,1-3H3/b16-8+/t18-,19-/m1/s1. The molecular weight excluding hydrogens is 256 g/mol. The highest BCUT2D eigenvalue weighted by molar-refractivity contribution is 5.17. The van der Waals surface area contributed by atoms with Gasteiger partial charge in [-0.2, -0.15) is 10.5 Å². The molecule has 0 aromatic heterocycles. The van der Waals surface area contributed by atoms with Crippen molar-refractivity contribution in [3.63, 3.8) is 0 Å². The van der Waals surface area contributed by atoms with E-state index in [9.17, 15) is 0 Å². The second kappa shape index (κ2) is 9.19. The molecule has 0 aliphatic heterocycles. The maximum absolute atomic E-state index is 9.12. The normalized spacial score (nSPS) is 22.0. The van der Waals surface area contributed by atoms with Gasteiger partial charge in [-0.25, -0.2) is 0 Å². The first-order valence-corrected chi connectivity index (χ1v) is 7.83. The van der Waals surface area contributed by atoms with Crippen molar-refractivity contribution in [3.8, 4) is 12.1 Å². The lowest BCUT2D eigenvalue weighted by Gasteiger charge is -2.21. The van der Waals surface area contributed by atoms with Gasteiger partial charge in [0.05, 0.1) is 24.0 Å². The van der Waals surface area contributed by atoms with Crippen molar-refractivity contribution in [2.75, 3.05) is 0 Å². The van der Waals surface area contributed by atoms with Gasteiger partial charge in [-0.3, -0.25) is 0 Å². The van der Waals surface area contributed by atoms with Gasteiger partial charge in [0.1, 0.15) is 0 Å². The molecule has 1 aliphatic carbocycles. The zero-order valence-electron chi connectivity index (χ0n) is 13.5. The van der Waals surface area contributed by atoms with Gasteiger partial charge in [-0.1, -0.05) is 34.9 Å². The van der Waals surface area contributed by atoms with Crippen LogP contribution in [0.5, 0.6) is 0 Å². The third-order valence-electron chi connectivity index (χ3n) is 4.01. The van der Waals surface area contributed by atoms with Gasteiger partial charge in [-0.05, 0) is 59.3 Å². The lowest BCUT2D eigenvalue weighted by atomic mass is 9.80. The summed E-state index contributed by atoms with van der Waals surface area (Å²) >= 11 is 0. The molecule has 2 atom stereocenters. The number of hydrogen-bond acceptors (Lipinski definition) is 2. The summed E-state index contributed by atoms with van der Waals surface area (Å²) in [6.07, 6.45) is 12.6. The Balaban J connectivity index is 2.39. The van der Waals surface area contributed by atoms with Crippen molar-refractivity contribution in [1.82, 2.24) is 0 Å². The summed E-state index contributed by atoms with van der Waals surface area (Å²) < 4.78 is 0. The summed E-state index contributed by atoms with van der Waals surface area (Å²) in [6.45, 7) is 6.46. The molecule has 0 amide bonds. The molecule has 0 radical (unpaired) electrons. The van der Waals surface area contributed by atoms with Crippen LogP contribution in [0.25, 0.3) is 0 Å². The van der Waals surface area contributed by atoms with E-state index in [1.165, 1.54) is 16.7 Å². The summed E-state index contributed by atoms with van der Waals surface area (Å²) in [5.41, 5.74) is 4.17. The largest absolute Gasteiger partial charge is 0.198 e. The molecule has 112 valence electrons. The number of rotatable bonds is 6. The molecule has 0 saturated heterocycles. The van der Waals surface area contributed by atoms with Crippen LogP contribution in [0.2, 0.25) is 0 Å². The molecule has 0 saturated carbocycles. The van der Waals surface area contributed by atoms with E-state index in [-0.39, 0.29) is 11.8 Å². The summed E-state index contributed by atoms with van der Waals surface area (Å²) in [5, 5.41) is 18.1. The lowest BCUT2D eigenvalue weighted by Crippen LogP contribution is -2.16. The predicted octanol–water partition coefficient (Wildman–Crippen LogP) is 5.46. The minimum atomic E-state index is -0.113. The van der Waals surface area contributed by atoms with Gasteiger partial charge in [0.2, 0.25) is 0 Å². The molecule has 0 bridgehead atoms. The van der Waals surface area contributed by atoms with Crippen LogP contribution >= 0.6 is 0 Å². The average molecular weight is 282 g/mol. The summed E-state index contributed by atoms with van der Waals surface area (Å²) in [5.74, 6) is -0.224. The molecule has 1 aliphatic rings. The quantitative estimate of drug-likeness (QED) is 0.607. The Hall–Kier alpha value is -1.80. The highest BCUT2D eigenvalue weighted by Gasteiger charge is 2.25. The highest BCUT2D eigenvalue weighted by atomic mass is 14.4. The van der Waals surface area contributed by atoms with Crippen LogP contribution in [0, 0.1) is 34.5 Å². The van der Waals surface area contributed by atoms with Gasteiger partial charge >= 0.3 is 0 Å². The van der Waals surface area contributed by atoms with Crippen molar-refractivity contribution in [2.24, 2.45) is 11.8 Å². The topological polar surface area (TPSA) is 47.6 Å². The van der Waals surface area contributed by atoms with Crippen LogP contribution < -0.4 is 0 Å². The Kier molecular flexibility index (Phi) is 7.55. The van der Waals surface area contributed by atoms with E-state index in [0.717, 1.165) is 38.5 Å². The van der Waals surface area contributed by atoms with Crippen LogP contribution in [0.15, 0.2) is 34.9 Å². The maximum atomic E-state index is 9.12. The first kappa shape index (κ1) is 17.3. The predicted molar refractivity (Wildman–Crippen MR) is 87.2 cm³/mol. The van der Waals surface area contributed by atoms with Crippen molar-refractivity contribution >= 4 is 0 Å². The van der Waals surface area contributed by atoms with Gasteiger partial charge in [0.25, 0.3) is 0 Å². The van der Waals surface area contributed by atoms with E-state index < -0.39 is 0 Å². The third-order valence-corrected chi connectivity index (χ3v) is 4.01. The molecule has 21 heavy (non-hydrogen) atoms. The monoisotopic (exact) mass is 282 g/mol. The third kappa shape index (κ3) is 6.46. The second-order valence-corrected chi connectivity index (χ2v) is 6.18. The molecule has 0 aromatic carbocycles. The van der Waals surface area contributed by atoms with Crippen LogP contribution in [0.1, 0.15) is 59.3 Å². The van der Waals surface area contributed by atoms with Crippen LogP contribution in [0.4, 0.5) is 0 Å². The fourth-order valence-electron chi connectivity index (χ4n) is 2.64. The molecule has 2 heteroatoms. The van der Waals surface area contributed by atoms with E-state index in [1.54, 1.807) is 0 Å². The van der Waals surface area contributed by atoms with Crippen molar-refractivity contribution < 1.29 is 0 Å². The van der Waals surface area contributed by atoms with E-state index >= 15 is 0 Å². The van der Waals surface area contributed by atoms with Gasteiger partial charge in [0, 0.05) is 0 Å². The Morgan fingerprint density at radius 1 is 1.14 bits per heavy atom. The number of hydrogen-bond donors (Lipinski definition) is 0. The Morgan fingerprint density at radius 3 is 2.48 bits per heavy atom. The molecule has 1 rings (SSSR count). The number of nitrogens with zero attached hydrogens (tertiary/aromatic N) is 2. The van der Waals surface area contributed by atoms with Crippen LogP contribution in [-0.4, -0.2) is 0 Å². The maximum Gasteiger partial charge on any atom is 0.0673 e. The molecule has 0 unspecified atom stereocenters. The van der Waals surface area contributed by atoms with E-state index in [0.29, 0.717) is 0 Å². The molecule has 2 nitrogen and oxygen atoms in total. The van der Waals surface area contributed by atoms with Gasteiger partial charge in [-0.15, -0.1) is 0 Å². The van der Waals surface area contributed by atoms with Crippen LogP contribution in [0.3, 0.4) is 0 Å². The average Bonchev–Trinajstić information content (AvgIpc) is 2.46. The minimum absolute atomic E-state index is 0.111. The van der Waals surface area contributed by atoms with E-state index in [4.69, 9.17) is 10.5 Å². The zero-order valence-corrected chi connectivity index (χ0v) is 13.5. The van der Waals surface area contributed by atoms with Crippen molar-refractivity contribution in [3.05, 3.63) is 34.9 Å².